The van der Waals surface area contributed by atoms with Crippen LogP contribution in [-0.4, -0.2) is 27.5 Å². The van der Waals surface area contributed by atoms with Crippen LogP contribution in [0, 0.1) is 0 Å². The van der Waals surface area contributed by atoms with E-state index in [9.17, 15) is 13.2 Å². The van der Waals surface area contributed by atoms with E-state index in [0.717, 1.165) is 17.5 Å². The number of primary sulfonamides is 1. The molecule has 3 rings (SSSR count). The Morgan fingerprint density at radius 2 is 2.00 bits per heavy atom. The number of benzene rings is 2. The fourth-order valence-electron chi connectivity index (χ4n) is 2.84. The Balaban J connectivity index is 2.18. The molecule has 3 N–H and O–H groups in total. The van der Waals surface area contributed by atoms with Gasteiger partial charge in [0.2, 0.25) is 10.0 Å². The van der Waals surface area contributed by atoms with Crippen molar-refractivity contribution in [3.05, 3.63) is 48.0 Å². The molecule has 1 heterocycles. The quantitative estimate of drug-likeness (QED) is 0.889. The molecule has 0 saturated carbocycles. The van der Waals surface area contributed by atoms with Gasteiger partial charge in [-0.1, -0.05) is 31.2 Å². The van der Waals surface area contributed by atoms with E-state index in [1.807, 2.05) is 31.2 Å². The number of nitrogens with two attached hydrogens (primary N) is 1. The maximum Gasteiger partial charge on any atom is 0.321 e. The van der Waals surface area contributed by atoms with Crippen LogP contribution in [0.5, 0.6) is 0 Å². The topological polar surface area (TPSA) is 92.5 Å². The van der Waals surface area contributed by atoms with Gasteiger partial charge in [0.25, 0.3) is 0 Å². The van der Waals surface area contributed by atoms with Crippen LogP contribution in [0.25, 0.3) is 11.1 Å². The predicted octanol–water partition coefficient (Wildman–Crippen LogP) is 2.09. The molecule has 1 aliphatic rings. The summed E-state index contributed by atoms with van der Waals surface area (Å²) in [6.07, 6.45) is 0.840. The number of carbonyl (C=O) groups is 1. The Bertz CT molecular complexity index is 894. The number of hydrogen-bond acceptors (Lipinski definition) is 3. The predicted molar refractivity (Wildman–Crippen MR) is 93.4 cm³/mol. The second-order valence-electron chi connectivity index (χ2n) is 5.66. The molecule has 0 unspecified atom stereocenters. The molecule has 6 nitrogen and oxygen atoms in total. The van der Waals surface area contributed by atoms with Gasteiger partial charge in [0, 0.05) is 24.3 Å². The number of nitrogens with one attached hydrogen (secondary N) is 1. The van der Waals surface area contributed by atoms with E-state index in [4.69, 9.17) is 5.14 Å². The van der Waals surface area contributed by atoms with Crippen LogP contribution in [0.1, 0.15) is 12.5 Å². The van der Waals surface area contributed by atoms with Crippen LogP contribution in [-0.2, 0) is 16.4 Å². The monoisotopic (exact) mass is 345 g/mol. The highest BCUT2D eigenvalue weighted by Gasteiger charge is 2.24. The molecule has 2 aromatic rings. The van der Waals surface area contributed by atoms with E-state index in [-0.39, 0.29) is 10.9 Å². The first-order valence-electron chi connectivity index (χ1n) is 7.71. The molecule has 24 heavy (non-hydrogen) atoms. The summed E-state index contributed by atoms with van der Waals surface area (Å²) >= 11 is 0. The van der Waals surface area contributed by atoms with Crippen LogP contribution in [0.15, 0.2) is 47.4 Å². The number of anilines is 1. The molecule has 0 aliphatic carbocycles. The van der Waals surface area contributed by atoms with E-state index in [0.29, 0.717) is 24.3 Å². The molecule has 2 amide bonds. The lowest BCUT2D eigenvalue weighted by molar-refractivity contribution is 0.252. The highest BCUT2D eigenvalue weighted by molar-refractivity contribution is 7.89. The van der Waals surface area contributed by atoms with Crippen molar-refractivity contribution in [3.63, 3.8) is 0 Å². The highest BCUT2D eigenvalue weighted by Crippen LogP contribution is 2.32. The van der Waals surface area contributed by atoms with Crippen molar-refractivity contribution in [3.8, 4) is 11.1 Å². The SMILES string of the molecule is CCc1cccc(-c2cc(N3CCNC3=O)ccc2S(N)(=O)=O)c1. The van der Waals surface area contributed by atoms with Crippen LogP contribution in [0.4, 0.5) is 10.5 Å². The summed E-state index contributed by atoms with van der Waals surface area (Å²) < 4.78 is 23.9. The number of aryl methyl sites for hydroxylation is 1. The average molecular weight is 345 g/mol. The van der Waals surface area contributed by atoms with Crippen LogP contribution in [0.2, 0.25) is 0 Å². The first-order valence-corrected chi connectivity index (χ1v) is 9.26. The number of amides is 2. The van der Waals surface area contributed by atoms with Crippen molar-refractivity contribution in [2.45, 2.75) is 18.2 Å². The molecule has 1 fully saturated rings. The summed E-state index contributed by atoms with van der Waals surface area (Å²) in [7, 11) is -3.87. The molecular weight excluding hydrogens is 326 g/mol. The third-order valence-corrected chi connectivity index (χ3v) is 5.05. The Morgan fingerprint density at radius 3 is 2.62 bits per heavy atom. The summed E-state index contributed by atoms with van der Waals surface area (Å²) in [5.74, 6) is 0. The van der Waals surface area contributed by atoms with E-state index in [1.54, 1.807) is 17.0 Å². The molecule has 0 radical (unpaired) electrons. The Morgan fingerprint density at radius 1 is 1.21 bits per heavy atom. The largest absolute Gasteiger partial charge is 0.336 e. The van der Waals surface area contributed by atoms with E-state index >= 15 is 0 Å². The van der Waals surface area contributed by atoms with Gasteiger partial charge < -0.3 is 5.32 Å². The van der Waals surface area contributed by atoms with E-state index in [2.05, 4.69) is 5.32 Å². The molecular formula is C17H19N3O3S. The van der Waals surface area contributed by atoms with Gasteiger partial charge in [0.15, 0.2) is 0 Å². The number of nitrogens with zero attached hydrogens (tertiary/aromatic N) is 1. The van der Waals surface area contributed by atoms with E-state index < -0.39 is 10.0 Å². The maximum absolute atomic E-state index is 12.0. The first-order chi connectivity index (χ1) is 11.4. The van der Waals surface area contributed by atoms with Gasteiger partial charge in [-0.15, -0.1) is 0 Å². The summed E-state index contributed by atoms with van der Waals surface area (Å²) in [5.41, 5.74) is 3.01. The summed E-state index contributed by atoms with van der Waals surface area (Å²) in [4.78, 5) is 13.5. The zero-order valence-electron chi connectivity index (χ0n) is 13.3. The lowest BCUT2D eigenvalue weighted by Crippen LogP contribution is -2.27. The normalized spacial score (nSPS) is 14.8. The van der Waals surface area contributed by atoms with Gasteiger partial charge in [-0.2, -0.15) is 0 Å². The summed E-state index contributed by atoms with van der Waals surface area (Å²) in [6.45, 7) is 3.14. The molecule has 126 valence electrons. The fraction of sp³-hybridized carbons (Fsp3) is 0.235. The average Bonchev–Trinajstić information content (AvgIpc) is 2.99. The summed E-state index contributed by atoms with van der Waals surface area (Å²) in [6, 6.07) is 12.2. The lowest BCUT2D eigenvalue weighted by atomic mass is 10.0. The van der Waals surface area contributed by atoms with Gasteiger partial charge >= 0.3 is 6.03 Å². The van der Waals surface area contributed by atoms with Crippen molar-refractivity contribution in [2.75, 3.05) is 18.0 Å². The Labute approximate surface area is 141 Å². The number of hydrogen-bond donors (Lipinski definition) is 2. The highest BCUT2D eigenvalue weighted by atomic mass is 32.2. The first kappa shape index (κ1) is 16.5. The summed E-state index contributed by atoms with van der Waals surface area (Å²) in [5, 5.41) is 8.11. The third-order valence-electron chi connectivity index (χ3n) is 4.08. The molecule has 0 atom stereocenters. The molecule has 2 aromatic carbocycles. The number of carbonyl (C=O) groups excluding carboxylic acids is 1. The number of rotatable bonds is 4. The molecule has 1 saturated heterocycles. The van der Waals surface area contributed by atoms with Gasteiger partial charge in [0.05, 0.1) is 4.90 Å². The van der Waals surface area contributed by atoms with Gasteiger partial charge in [0.1, 0.15) is 0 Å². The van der Waals surface area contributed by atoms with Crippen molar-refractivity contribution >= 4 is 21.7 Å². The van der Waals surface area contributed by atoms with Crippen molar-refractivity contribution in [2.24, 2.45) is 5.14 Å². The number of sulfonamides is 1. The Kier molecular flexibility index (Phi) is 4.29. The lowest BCUT2D eigenvalue weighted by Gasteiger charge is -2.17. The zero-order chi connectivity index (χ0) is 17.3. The fourth-order valence-corrected chi connectivity index (χ4v) is 3.58. The number of urea groups is 1. The van der Waals surface area contributed by atoms with Gasteiger partial charge in [-0.25, -0.2) is 18.4 Å². The van der Waals surface area contributed by atoms with Gasteiger partial charge in [-0.3, -0.25) is 4.90 Å². The molecule has 0 aromatic heterocycles. The van der Waals surface area contributed by atoms with Crippen molar-refractivity contribution in [1.29, 1.82) is 0 Å². The minimum Gasteiger partial charge on any atom is -0.336 e. The molecule has 0 bridgehead atoms. The molecule has 1 aliphatic heterocycles. The minimum atomic E-state index is -3.87. The smallest absolute Gasteiger partial charge is 0.321 e. The van der Waals surface area contributed by atoms with Crippen molar-refractivity contribution < 1.29 is 13.2 Å². The standard InChI is InChI=1S/C17H19N3O3S/c1-2-12-4-3-5-13(10-12)15-11-14(20-9-8-19-17(20)21)6-7-16(15)24(18,22)23/h3-7,10-11H,2,8-9H2,1H3,(H,19,21)(H2,18,22,23). The zero-order valence-corrected chi connectivity index (χ0v) is 14.1. The second-order valence-corrected chi connectivity index (χ2v) is 7.19. The maximum atomic E-state index is 12.0. The van der Waals surface area contributed by atoms with Crippen LogP contribution >= 0.6 is 0 Å². The molecule has 0 spiro atoms. The third kappa shape index (κ3) is 3.13. The van der Waals surface area contributed by atoms with Crippen LogP contribution in [0.3, 0.4) is 0 Å². The van der Waals surface area contributed by atoms with Gasteiger partial charge in [-0.05, 0) is 35.7 Å². The second kappa shape index (κ2) is 6.26. The van der Waals surface area contributed by atoms with E-state index in [1.165, 1.54) is 6.07 Å². The Hall–Kier alpha value is -2.38. The minimum absolute atomic E-state index is 0.0547. The van der Waals surface area contributed by atoms with Crippen LogP contribution < -0.4 is 15.4 Å². The van der Waals surface area contributed by atoms with Crippen molar-refractivity contribution in [1.82, 2.24) is 5.32 Å². The molecule has 7 heteroatoms.